The maximum absolute atomic E-state index is 13.3. The molecule has 134 valence electrons. The van der Waals surface area contributed by atoms with Gasteiger partial charge >= 0.3 is 0 Å². The van der Waals surface area contributed by atoms with Crippen LogP contribution in [0.25, 0.3) is 0 Å². The highest BCUT2D eigenvalue weighted by Crippen LogP contribution is 2.21. The van der Waals surface area contributed by atoms with Crippen LogP contribution in [0, 0.1) is 16.8 Å². The van der Waals surface area contributed by atoms with Crippen molar-refractivity contribution in [2.45, 2.75) is 26.3 Å². The molecule has 0 saturated carbocycles. The molecule has 2 N–H and O–H groups in total. The molecule has 0 radical (unpaired) electrons. The molecule has 0 fully saturated rings. The zero-order chi connectivity index (χ0) is 18.8. The lowest BCUT2D eigenvalue weighted by Gasteiger charge is -2.22. The summed E-state index contributed by atoms with van der Waals surface area (Å²) in [7, 11) is 1.33. The number of methoxy groups -OCH3 is 1. The van der Waals surface area contributed by atoms with Crippen molar-refractivity contribution in [3.63, 3.8) is 0 Å². The molecular weight excluding hydrogens is 332 g/mol. The highest BCUT2D eigenvalue weighted by molar-refractivity contribution is 5.94. The smallest absolute Gasteiger partial charge is 0.296 e. The lowest BCUT2D eigenvalue weighted by Crippen LogP contribution is -2.47. The molecule has 0 atom stereocenters. The number of nitrogens with one attached hydrogen (secondary N) is 2. The second-order valence-electron chi connectivity index (χ2n) is 6.42. The molecule has 1 aromatic heterocycles. The van der Waals surface area contributed by atoms with Gasteiger partial charge in [0.25, 0.3) is 11.7 Å². The van der Waals surface area contributed by atoms with E-state index >= 15 is 0 Å². The summed E-state index contributed by atoms with van der Waals surface area (Å²) in [6.45, 7) is 5.30. The van der Waals surface area contributed by atoms with Crippen LogP contribution in [0.5, 0.6) is 5.75 Å². The lowest BCUT2D eigenvalue weighted by molar-refractivity contribution is -0.592. The van der Waals surface area contributed by atoms with Crippen LogP contribution < -0.4 is 20.1 Å². The fourth-order valence-corrected chi connectivity index (χ4v) is 2.16. The van der Waals surface area contributed by atoms with E-state index in [1.165, 1.54) is 19.2 Å². The molecule has 2 rings (SSSR count). The van der Waals surface area contributed by atoms with Gasteiger partial charge in [-0.05, 0) is 26.8 Å². The van der Waals surface area contributed by atoms with Crippen molar-refractivity contribution in [2.24, 2.45) is 0 Å². The van der Waals surface area contributed by atoms with Gasteiger partial charge in [0, 0.05) is 29.8 Å². The average Bonchev–Trinajstić information content (AvgIpc) is 2.46. The molecule has 6 nitrogen and oxygen atoms in total. The number of hydrogen-bond acceptors (Lipinski definition) is 4. The molecule has 0 saturated heterocycles. The molecular formula is C17H19F2N3O3. The van der Waals surface area contributed by atoms with Crippen molar-refractivity contribution in [1.82, 2.24) is 5.32 Å². The second-order valence-corrected chi connectivity index (χ2v) is 6.42. The highest BCUT2D eigenvalue weighted by atomic mass is 19.1. The van der Waals surface area contributed by atoms with E-state index in [2.05, 4.69) is 10.6 Å². The quantitative estimate of drug-likeness (QED) is 0.656. The third-order valence-electron chi connectivity index (χ3n) is 3.11. The number of amides is 1. The van der Waals surface area contributed by atoms with E-state index < -0.39 is 23.1 Å². The first-order valence-electron chi connectivity index (χ1n) is 7.47. The zero-order valence-corrected chi connectivity index (χ0v) is 14.3. The minimum atomic E-state index is -0.792. The van der Waals surface area contributed by atoms with E-state index in [0.717, 1.165) is 12.1 Å². The number of anilines is 2. The number of benzene rings is 1. The predicted octanol–water partition coefficient (Wildman–Crippen LogP) is 2.88. The first kappa shape index (κ1) is 18.4. The summed E-state index contributed by atoms with van der Waals surface area (Å²) in [4.78, 5) is 12.4. The number of halogens is 2. The number of nitrogens with zero attached hydrogens (tertiary/aromatic N) is 1. The van der Waals surface area contributed by atoms with Crippen molar-refractivity contribution in [3.8, 4) is 5.75 Å². The van der Waals surface area contributed by atoms with Crippen LogP contribution in [-0.4, -0.2) is 18.6 Å². The number of carbonyl (C=O) groups excluding carboxylic acids is 1. The number of ether oxygens (including phenoxy) is 1. The fraction of sp³-hybridized carbons (Fsp3) is 0.294. The summed E-state index contributed by atoms with van der Waals surface area (Å²) in [6, 6.07) is 5.55. The van der Waals surface area contributed by atoms with Crippen molar-refractivity contribution in [2.75, 3.05) is 12.4 Å². The second kappa shape index (κ2) is 6.92. The lowest BCUT2D eigenvalue weighted by atomic mass is 10.1. The largest absolute Gasteiger partial charge is 0.710 e. The molecule has 8 heteroatoms. The average molecular weight is 351 g/mol. The Morgan fingerprint density at radius 2 is 1.76 bits per heavy atom. The molecule has 25 heavy (non-hydrogen) atoms. The van der Waals surface area contributed by atoms with E-state index in [1.54, 1.807) is 20.8 Å². The monoisotopic (exact) mass is 351 g/mol. The molecule has 1 aromatic carbocycles. The van der Waals surface area contributed by atoms with Crippen LogP contribution in [0.2, 0.25) is 0 Å². The minimum Gasteiger partial charge on any atom is -0.710 e. The molecule has 2 aromatic rings. The third-order valence-corrected chi connectivity index (χ3v) is 3.11. The first-order chi connectivity index (χ1) is 11.6. The van der Waals surface area contributed by atoms with Crippen molar-refractivity contribution < 1.29 is 23.0 Å². The SMILES string of the molecule is COc1ccc(Nc2cc(F)cc(F)c2)[n+]([O-])c1C(=O)NC(C)(C)C. The predicted molar refractivity (Wildman–Crippen MR) is 88.8 cm³/mol. The van der Waals surface area contributed by atoms with Gasteiger partial charge in [0.1, 0.15) is 17.3 Å². The van der Waals surface area contributed by atoms with E-state index in [-0.39, 0.29) is 22.9 Å². The van der Waals surface area contributed by atoms with Crippen LogP contribution in [0.4, 0.5) is 20.3 Å². The summed E-state index contributed by atoms with van der Waals surface area (Å²) in [6.07, 6.45) is 0. The van der Waals surface area contributed by atoms with Crippen molar-refractivity contribution >= 4 is 17.4 Å². The third kappa shape index (κ3) is 4.56. The Morgan fingerprint density at radius 1 is 1.16 bits per heavy atom. The standard InChI is InChI=1S/C17H19F2N3O3/c1-17(2,3)21-16(23)15-13(25-4)5-6-14(22(15)24)20-12-8-10(18)7-11(19)9-12/h5-9,20H,1-4H3,(H,21,23). The number of hydrogen-bond donors (Lipinski definition) is 2. The normalized spacial score (nSPS) is 11.1. The van der Waals surface area contributed by atoms with Gasteiger partial charge in [-0.1, -0.05) is 0 Å². The number of aromatic nitrogens is 1. The molecule has 1 heterocycles. The molecule has 0 aliphatic rings. The molecule has 0 spiro atoms. The number of carbonyl (C=O) groups is 1. The van der Waals surface area contributed by atoms with Crippen molar-refractivity contribution in [3.05, 3.63) is 52.9 Å². The first-order valence-corrected chi connectivity index (χ1v) is 7.47. The van der Waals surface area contributed by atoms with Gasteiger partial charge in [0.2, 0.25) is 5.69 Å². The Balaban J connectivity index is 2.44. The Morgan fingerprint density at radius 3 is 2.28 bits per heavy atom. The van der Waals surface area contributed by atoms with Gasteiger partial charge in [-0.2, -0.15) is 0 Å². The summed E-state index contributed by atoms with van der Waals surface area (Å²) in [5.74, 6) is -2.22. The van der Waals surface area contributed by atoms with Crippen LogP contribution in [0.3, 0.4) is 0 Å². The topological polar surface area (TPSA) is 77.3 Å². The minimum absolute atomic E-state index is 0.0365. The molecule has 0 aliphatic heterocycles. The van der Waals surface area contributed by atoms with Crippen LogP contribution in [0.1, 0.15) is 31.3 Å². The maximum atomic E-state index is 13.3. The van der Waals surface area contributed by atoms with Crippen LogP contribution in [0.15, 0.2) is 30.3 Å². The summed E-state index contributed by atoms with van der Waals surface area (Å²) in [5, 5.41) is 17.8. The Hall–Kier alpha value is -2.90. The van der Waals surface area contributed by atoms with Crippen molar-refractivity contribution in [1.29, 1.82) is 0 Å². The van der Waals surface area contributed by atoms with Gasteiger partial charge in [-0.3, -0.25) is 4.79 Å². The summed E-state index contributed by atoms with van der Waals surface area (Å²) < 4.78 is 32.0. The van der Waals surface area contributed by atoms with Gasteiger partial charge in [0.05, 0.1) is 7.11 Å². The van der Waals surface area contributed by atoms with Crippen LogP contribution in [-0.2, 0) is 0 Å². The van der Waals surface area contributed by atoms with Gasteiger partial charge < -0.3 is 15.3 Å². The zero-order valence-electron chi connectivity index (χ0n) is 14.3. The van der Waals surface area contributed by atoms with Crippen LogP contribution >= 0.6 is 0 Å². The Kier molecular flexibility index (Phi) is 5.10. The van der Waals surface area contributed by atoms with E-state index in [1.807, 2.05) is 0 Å². The number of rotatable bonds is 4. The van der Waals surface area contributed by atoms with Gasteiger partial charge in [-0.25, -0.2) is 18.8 Å². The highest BCUT2D eigenvalue weighted by Gasteiger charge is 2.25. The molecule has 0 aliphatic carbocycles. The Bertz CT molecular complexity index is 784. The number of pyridine rings is 1. The molecule has 1 amide bonds. The van der Waals surface area contributed by atoms with Gasteiger partial charge in [-0.15, -0.1) is 0 Å². The summed E-state index contributed by atoms with van der Waals surface area (Å²) in [5.41, 5.74) is -0.793. The van der Waals surface area contributed by atoms with Gasteiger partial charge in [0.15, 0.2) is 5.75 Å². The Labute approximate surface area is 144 Å². The van der Waals surface area contributed by atoms with E-state index in [9.17, 15) is 18.8 Å². The van der Waals surface area contributed by atoms with E-state index in [4.69, 9.17) is 4.74 Å². The summed E-state index contributed by atoms with van der Waals surface area (Å²) >= 11 is 0. The molecule has 0 unspecified atom stereocenters. The fourth-order valence-electron chi connectivity index (χ4n) is 2.16. The van der Waals surface area contributed by atoms with E-state index in [0.29, 0.717) is 10.8 Å². The maximum Gasteiger partial charge on any atom is 0.296 e. The molecule has 0 bridgehead atoms.